The summed E-state index contributed by atoms with van der Waals surface area (Å²) in [7, 11) is 0. The SMILES string of the molecule is O=C(O)c1cccnc1SC[C@H]1C[C@@H](c2ccc(CO)cc2)O[C@@H](c2ccc(CN3C(=O)c4ccccc4C3=O)cc2)O1. The smallest absolute Gasteiger partial charge is 0.338 e. The summed E-state index contributed by atoms with van der Waals surface area (Å²) in [6.07, 6.45) is 0.801. The minimum atomic E-state index is -1.04. The Morgan fingerprint density at radius 1 is 0.860 bits per heavy atom. The molecule has 0 unspecified atom stereocenters. The maximum absolute atomic E-state index is 12.8. The fraction of sp³-hybridized carbons (Fsp3) is 0.212. The van der Waals surface area contributed by atoms with Crippen LogP contribution in [0.3, 0.4) is 0 Å². The van der Waals surface area contributed by atoms with E-state index < -0.39 is 12.3 Å². The van der Waals surface area contributed by atoms with Crippen molar-refractivity contribution in [3.8, 4) is 0 Å². The Kier molecular flexibility index (Phi) is 8.35. The van der Waals surface area contributed by atoms with Crippen LogP contribution < -0.4 is 0 Å². The number of hydrogen-bond acceptors (Lipinski definition) is 8. The minimum absolute atomic E-state index is 0.0557. The molecule has 218 valence electrons. The van der Waals surface area contributed by atoms with Crippen molar-refractivity contribution in [1.82, 2.24) is 9.88 Å². The first-order valence-electron chi connectivity index (χ1n) is 13.8. The number of rotatable bonds is 9. The highest BCUT2D eigenvalue weighted by molar-refractivity contribution is 7.99. The summed E-state index contributed by atoms with van der Waals surface area (Å²) in [6, 6.07) is 24.9. The van der Waals surface area contributed by atoms with Crippen LogP contribution in [0.15, 0.2) is 96.2 Å². The van der Waals surface area contributed by atoms with Gasteiger partial charge in [-0.05, 0) is 41.0 Å². The molecule has 43 heavy (non-hydrogen) atoms. The van der Waals surface area contributed by atoms with E-state index in [-0.39, 0.29) is 42.7 Å². The standard InChI is InChI=1S/C33H28N2O7S/c36-18-21-9-11-22(12-10-21)28-16-24(19-43-29-27(32(39)40)6-3-15-34-29)41-33(42-28)23-13-7-20(8-14-23)17-35-30(37)25-4-1-2-5-26(25)31(35)38/h1-15,24,28,33,36H,16-19H2,(H,39,40)/t24-,28+,33+/m1/s1. The average molecular weight is 597 g/mol. The van der Waals surface area contributed by atoms with Gasteiger partial charge in [-0.3, -0.25) is 14.5 Å². The number of aromatic nitrogens is 1. The topological polar surface area (TPSA) is 126 Å². The second-order valence-corrected chi connectivity index (χ2v) is 11.3. The molecular formula is C33H28N2O7S. The van der Waals surface area contributed by atoms with Gasteiger partial charge in [0.25, 0.3) is 11.8 Å². The molecule has 3 aromatic carbocycles. The summed E-state index contributed by atoms with van der Waals surface area (Å²) < 4.78 is 12.8. The molecule has 1 aromatic heterocycles. The Bertz CT molecular complexity index is 1620. The zero-order valence-electron chi connectivity index (χ0n) is 23.0. The number of benzene rings is 3. The van der Waals surface area contributed by atoms with Crippen LogP contribution in [0, 0.1) is 0 Å². The van der Waals surface area contributed by atoms with Crippen LogP contribution in [0.1, 0.15) is 72.1 Å². The second kappa shape index (κ2) is 12.5. The molecule has 2 N–H and O–H groups in total. The molecule has 2 amide bonds. The number of aliphatic hydroxyl groups is 1. The number of ether oxygens (including phenoxy) is 2. The molecule has 2 aliphatic rings. The molecule has 1 saturated heterocycles. The lowest BCUT2D eigenvalue weighted by molar-refractivity contribution is -0.245. The van der Waals surface area contributed by atoms with Gasteiger partial charge in [-0.15, -0.1) is 11.8 Å². The number of fused-ring (bicyclic) bond motifs is 1. The molecule has 3 heterocycles. The second-order valence-electron chi connectivity index (χ2n) is 10.3. The summed E-state index contributed by atoms with van der Waals surface area (Å²) >= 11 is 1.32. The predicted octanol–water partition coefficient (Wildman–Crippen LogP) is 5.41. The van der Waals surface area contributed by atoms with E-state index in [9.17, 15) is 24.6 Å². The fourth-order valence-electron chi connectivity index (χ4n) is 5.21. The van der Waals surface area contributed by atoms with Gasteiger partial charge < -0.3 is 19.7 Å². The molecule has 0 bridgehead atoms. The Labute approximate surface area is 252 Å². The van der Waals surface area contributed by atoms with Crippen LogP contribution in [-0.4, -0.2) is 49.7 Å². The average Bonchev–Trinajstić information content (AvgIpc) is 3.29. The van der Waals surface area contributed by atoms with E-state index >= 15 is 0 Å². The quantitative estimate of drug-likeness (QED) is 0.193. The van der Waals surface area contributed by atoms with Gasteiger partial charge in [-0.1, -0.05) is 60.7 Å². The molecule has 0 saturated carbocycles. The fourth-order valence-corrected chi connectivity index (χ4v) is 6.21. The van der Waals surface area contributed by atoms with E-state index in [0.29, 0.717) is 28.3 Å². The maximum atomic E-state index is 12.8. The molecule has 0 spiro atoms. The summed E-state index contributed by atoms with van der Waals surface area (Å²) in [5, 5.41) is 19.4. The number of thioether (sulfide) groups is 1. The normalized spacial score (nSPS) is 19.8. The van der Waals surface area contributed by atoms with Crippen LogP contribution in [0.5, 0.6) is 0 Å². The number of carbonyl (C=O) groups is 3. The van der Waals surface area contributed by atoms with Crippen molar-refractivity contribution in [1.29, 1.82) is 0 Å². The number of imide groups is 1. The Hall–Kier alpha value is -4.35. The van der Waals surface area contributed by atoms with Gasteiger partial charge in [-0.2, -0.15) is 0 Å². The maximum Gasteiger partial charge on any atom is 0.338 e. The van der Waals surface area contributed by atoms with Gasteiger partial charge in [0.15, 0.2) is 6.29 Å². The largest absolute Gasteiger partial charge is 0.478 e. The van der Waals surface area contributed by atoms with E-state index in [0.717, 1.165) is 22.3 Å². The number of carboxylic acid groups (broad SMARTS) is 1. The third kappa shape index (κ3) is 6.09. The van der Waals surface area contributed by atoms with Gasteiger partial charge in [0.1, 0.15) is 5.03 Å². The molecular weight excluding hydrogens is 568 g/mol. The first kappa shape index (κ1) is 28.8. The predicted molar refractivity (Wildman–Crippen MR) is 157 cm³/mol. The summed E-state index contributed by atoms with van der Waals surface area (Å²) in [4.78, 5) is 42.8. The highest BCUT2D eigenvalue weighted by atomic mass is 32.2. The zero-order valence-corrected chi connectivity index (χ0v) is 23.8. The van der Waals surface area contributed by atoms with Crippen molar-refractivity contribution in [3.05, 3.63) is 130 Å². The van der Waals surface area contributed by atoms with Crippen molar-refractivity contribution in [3.63, 3.8) is 0 Å². The molecule has 0 radical (unpaired) electrons. The summed E-state index contributed by atoms with van der Waals surface area (Å²) in [5.74, 6) is -1.19. The lowest BCUT2D eigenvalue weighted by atomic mass is 10.0. The molecule has 6 rings (SSSR count). The van der Waals surface area contributed by atoms with Crippen LogP contribution in [-0.2, 0) is 22.6 Å². The molecule has 10 heteroatoms. The third-order valence-electron chi connectivity index (χ3n) is 7.49. The lowest BCUT2D eigenvalue weighted by Crippen LogP contribution is -2.31. The van der Waals surface area contributed by atoms with Gasteiger partial charge in [0.2, 0.25) is 0 Å². The van der Waals surface area contributed by atoms with Crippen LogP contribution in [0.4, 0.5) is 0 Å². The Morgan fingerprint density at radius 3 is 2.16 bits per heavy atom. The first-order valence-corrected chi connectivity index (χ1v) is 14.8. The van der Waals surface area contributed by atoms with Gasteiger partial charge >= 0.3 is 5.97 Å². The van der Waals surface area contributed by atoms with Crippen molar-refractivity contribution in [2.24, 2.45) is 0 Å². The number of carboxylic acids is 1. The number of aliphatic hydroxyl groups excluding tert-OH is 1. The van der Waals surface area contributed by atoms with Crippen molar-refractivity contribution in [2.45, 2.75) is 43.1 Å². The molecule has 4 aromatic rings. The van der Waals surface area contributed by atoms with Crippen LogP contribution >= 0.6 is 11.8 Å². The summed E-state index contributed by atoms with van der Waals surface area (Å²) in [5.41, 5.74) is 4.25. The number of aromatic carboxylic acids is 1. The molecule has 3 atom stereocenters. The molecule has 0 aliphatic carbocycles. The number of carbonyl (C=O) groups excluding carboxylic acids is 2. The lowest BCUT2D eigenvalue weighted by Gasteiger charge is -2.36. The van der Waals surface area contributed by atoms with E-state index in [1.54, 1.807) is 36.5 Å². The van der Waals surface area contributed by atoms with E-state index in [4.69, 9.17) is 9.47 Å². The minimum Gasteiger partial charge on any atom is -0.478 e. The van der Waals surface area contributed by atoms with Gasteiger partial charge in [0, 0.05) is 23.9 Å². The highest BCUT2D eigenvalue weighted by Crippen LogP contribution is 2.39. The van der Waals surface area contributed by atoms with E-state index in [1.807, 2.05) is 48.5 Å². The van der Waals surface area contributed by atoms with Crippen molar-refractivity contribution < 1.29 is 34.1 Å². The van der Waals surface area contributed by atoms with Crippen molar-refractivity contribution >= 4 is 29.5 Å². The van der Waals surface area contributed by atoms with Crippen LogP contribution in [0.25, 0.3) is 0 Å². The van der Waals surface area contributed by atoms with Crippen molar-refractivity contribution in [2.75, 3.05) is 5.75 Å². The number of amides is 2. The zero-order chi connectivity index (χ0) is 29.9. The first-order chi connectivity index (χ1) is 20.9. The molecule has 9 nitrogen and oxygen atoms in total. The molecule has 1 fully saturated rings. The third-order valence-corrected chi connectivity index (χ3v) is 8.63. The van der Waals surface area contributed by atoms with Gasteiger partial charge in [-0.25, -0.2) is 9.78 Å². The monoisotopic (exact) mass is 596 g/mol. The number of pyridine rings is 1. The Morgan fingerprint density at radius 2 is 1.51 bits per heavy atom. The number of nitrogens with zero attached hydrogens (tertiary/aromatic N) is 2. The Balaban J connectivity index is 1.19. The van der Waals surface area contributed by atoms with E-state index in [2.05, 4.69) is 4.98 Å². The summed E-state index contributed by atoms with van der Waals surface area (Å²) in [6.45, 7) is 0.0912. The van der Waals surface area contributed by atoms with E-state index in [1.165, 1.54) is 22.7 Å². The highest BCUT2D eigenvalue weighted by Gasteiger charge is 2.36. The van der Waals surface area contributed by atoms with Crippen LogP contribution in [0.2, 0.25) is 0 Å². The van der Waals surface area contributed by atoms with Gasteiger partial charge in [0.05, 0.1) is 42.0 Å². The molecule has 2 aliphatic heterocycles. The number of hydrogen-bond donors (Lipinski definition) is 2.